The Bertz CT molecular complexity index is 852. The minimum atomic E-state index is -0.781. The van der Waals surface area contributed by atoms with E-state index >= 15 is 0 Å². The van der Waals surface area contributed by atoms with Crippen molar-refractivity contribution < 1.29 is 14.7 Å². The van der Waals surface area contributed by atoms with E-state index in [9.17, 15) is 9.59 Å². The SMILES string of the molecule is CC(C)c1csc(CCc2cccc(C(SCCC(=O)O)SCCC(=O)N(C)C)c2)n1. The number of aryl methyl sites for hydroxylation is 2. The molecule has 1 aromatic heterocycles. The van der Waals surface area contributed by atoms with Gasteiger partial charge in [0.05, 0.1) is 21.7 Å². The third-order valence-electron chi connectivity index (χ3n) is 4.68. The maximum atomic E-state index is 11.9. The highest BCUT2D eigenvalue weighted by Crippen LogP contribution is 2.40. The van der Waals surface area contributed by atoms with Crippen LogP contribution in [0.2, 0.25) is 0 Å². The third kappa shape index (κ3) is 9.25. The van der Waals surface area contributed by atoms with Gasteiger partial charge in [-0.25, -0.2) is 4.98 Å². The summed E-state index contributed by atoms with van der Waals surface area (Å²) in [6.07, 6.45) is 2.47. The van der Waals surface area contributed by atoms with Crippen molar-refractivity contribution in [1.82, 2.24) is 9.88 Å². The molecule has 1 unspecified atom stereocenters. The van der Waals surface area contributed by atoms with Crippen LogP contribution in [-0.2, 0) is 22.4 Å². The van der Waals surface area contributed by atoms with Crippen LogP contribution in [0.25, 0.3) is 0 Å². The molecule has 8 heteroatoms. The molecule has 0 spiro atoms. The monoisotopic (exact) mass is 480 g/mol. The molecular weight excluding hydrogens is 448 g/mol. The fourth-order valence-corrected chi connectivity index (χ4v) is 6.44. The van der Waals surface area contributed by atoms with E-state index in [1.54, 1.807) is 53.9 Å². The van der Waals surface area contributed by atoms with Crippen molar-refractivity contribution in [3.05, 3.63) is 51.5 Å². The second-order valence-corrected chi connectivity index (χ2v) is 11.5. The second kappa shape index (κ2) is 13.1. The number of thioether (sulfide) groups is 2. The van der Waals surface area contributed by atoms with Crippen LogP contribution < -0.4 is 0 Å². The van der Waals surface area contributed by atoms with Crippen LogP contribution in [0, 0.1) is 0 Å². The molecule has 0 aliphatic heterocycles. The number of carbonyl (C=O) groups excluding carboxylic acids is 1. The molecule has 1 amide bonds. The zero-order valence-corrected chi connectivity index (χ0v) is 21.1. The number of carboxylic acids is 1. The Morgan fingerprint density at radius 1 is 1.13 bits per heavy atom. The minimum absolute atomic E-state index is 0.111. The Morgan fingerprint density at radius 2 is 1.84 bits per heavy atom. The van der Waals surface area contributed by atoms with Gasteiger partial charge >= 0.3 is 5.97 Å². The predicted octanol–water partition coefficient (Wildman–Crippen LogP) is 5.47. The number of nitrogens with zero attached hydrogens (tertiary/aromatic N) is 2. The molecule has 0 saturated carbocycles. The summed E-state index contributed by atoms with van der Waals surface area (Å²) < 4.78 is 0.113. The number of amides is 1. The summed E-state index contributed by atoms with van der Waals surface area (Å²) in [6, 6.07) is 8.53. The Kier molecular flexibility index (Phi) is 10.9. The maximum Gasteiger partial charge on any atom is 0.304 e. The summed E-state index contributed by atoms with van der Waals surface area (Å²) >= 11 is 5.08. The van der Waals surface area contributed by atoms with Crippen molar-refractivity contribution in [2.45, 2.75) is 50.0 Å². The van der Waals surface area contributed by atoms with Gasteiger partial charge in [0.25, 0.3) is 0 Å². The quantitative estimate of drug-likeness (QED) is 0.383. The summed E-state index contributed by atoms with van der Waals surface area (Å²) in [6.45, 7) is 4.32. The first-order valence-corrected chi connectivity index (χ1v) is 13.4. The van der Waals surface area contributed by atoms with E-state index in [0.717, 1.165) is 23.5 Å². The van der Waals surface area contributed by atoms with E-state index in [4.69, 9.17) is 10.1 Å². The van der Waals surface area contributed by atoms with E-state index in [-0.39, 0.29) is 16.9 Å². The van der Waals surface area contributed by atoms with Gasteiger partial charge in [-0.15, -0.1) is 34.9 Å². The van der Waals surface area contributed by atoms with Gasteiger partial charge in [0.15, 0.2) is 0 Å². The molecule has 1 atom stereocenters. The maximum absolute atomic E-state index is 11.9. The Labute approximate surface area is 198 Å². The molecule has 5 nitrogen and oxygen atoms in total. The summed E-state index contributed by atoms with van der Waals surface area (Å²) in [4.78, 5) is 29.2. The standard InChI is InChI=1S/C23H32N2O3S3/c1-16(2)19-15-31-20(24-19)9-8-17-6-5-7-18(14-17)23(30-13-11-22(27)28)29-12-10-21(26)25(3)4/h5-7,14-16,23H,8-13H2,1-4H3,(H,27,28). The molecule has 0 saturated heterocycles. The number of rotatable bonds is 13. The first kappa shape index (κ1) is 25.7. The van der Waals surface area contributed by atoms with Crippen LogP contribution in [0.1, 0.15) is 59.0 Å². The average molecular weight is 481 g/mol. The first-order valence-electron chi connectivity index (χ1n) is 10.4. The lowest BCUT2D eigenvalue weighted by Gasteiger charge is -2.18. The van der Waals surface area contributed by atoms with E-state index in [0.29, 0.717) is 23.8 Å². The van der Waals surface area contributed by atoms with Crippen molar-refractivity contribution >= 4 is 46.7 Å². The molecule has 0 aliphatic rings. The number of benzene rings is 1. The lowest BCUT2D eigenvalue weighted by Crippen LogP contribution is -2.21. The number of aliphatic carboxylic acids is 1. The summed E-state index contributed by atoms with van der Waals surface area (Å²) in [5.74, 6) is 1.05. The van der Waals surface area contributed by atoms with Crippen LogP contribution in [0.15, 0.2) is 29.6 Å². The number of carbonyl (C=O) groups is 2. The summed E-state index contributed by atoms with van der Waals surface area (Å²) in [7, 11) is 3.53. The lowest BCUT2D eigenvalue weighted by molar-refractivity contribution is -0.136. The zero-order valence-electron chi connectivity index (χ0n) is 18.7. The van der Waals surface area contributed by atoms with Gasteiger partial charge in [0.1, 0.15) is 0 Å². The van der Waals surface area contributed by atoms with Crippen LogP contribution >= 0.6 is 34.9 Å². The van der Waals surface area contributed by atoms with Crippen LogP contribution in [0.5, 0.6) is 0 Å². The number of aromatic nitrogens is 1. The summed E-state index contributed by atoms with van der Waals surface area (Å²) in [5.41, 5.74) is 3.59. The Hall–Kier alpha value is -1.51. The zero-order chi connectivity index (χ0) is 22.8. The van der Waals surface area contributed by atoms with Gasteiger partial charge in [-0.2, -0.15) is 0 Å². The van der Waals surface area contributed by atoms with Gasteiger partial charge in [-0.1, -0.05) is 38.1 Å². The molecule has 1 aromatic carbocycles. The number of hydrogen-bond acceptors (Lipinski definition) is 6. The van der Waals surface area contributed by atoms with Gasteiger partial charge in [0.2, 0.25) is 5.91 Å². The van der Waals surface area contributed by atoms with Crippen molar-refractivity contribution in [1.29, 1.82) is 0 Å². The van der Waals surface area contributed by atoms with E-state index in [1.807, 2.05) is 0 Å². The number of carboxylic acid groups (broad SMARTS) is 1. The minimum Gasteiger partial charge on any atom is -0.481 e. The highest BCUT2D eigenvalue weighted by Gasteiger charge is 2.16. The van der Waals surface area contributed by atoms with Gasteiger partial charge in [-0.05, 0) is 23.5 Å². The largest absolute Gasteiger partial charge is 0.481 e. The highest BCUT2D eigenvalue weighted by molar-refractivity contribution is 8.16. The summed E-state index contributed by atoms with van der Waals surface area (Å²) in [5, 5.41) is 12.3. The molecule has 0 fully saturated rings. The predicted molar refractivity (Wildman–Crippen MR) is 133 cm³/mol. The first-order chi connectivity index (χ1) is 14.8. The second-order valence-electron chi connectivity index (χ2n) is 7.82. The van der Waals surface area contributed by atoms with Crippen molar-refractivity contribution in [3.8, 4) is 0 Å². The highest BCUT2D eigenvalue weighted by atomic mass is 32.2. The molecule has 0 aliphatic carbocycles. The Morgan fingerprint density at radius 3 is 2.45 bits per heavy atom. The average Bonchev–Trinajstić information content (AvgIpc) is 3.20. The van der Waals surface area contributed by atoms with E-state index in [2.05, 4.69) is 43.5 Å². The van der Waals surface area contributed by atoms with Gasteiger partial charge < -0.3 is 10.0 Å². The van der Waals surface area contributed by atoms with E-state index in [1.165, 1.54) is 11.1 Å². The molecule has 0 radical (unpaired) electrons. The normalized spacial score (nSPS) is 12.2. The molecule has 2 aromatic rings. The molecule has 0 bridgehead atoms. The molecule has 1 heterocycles. The lowest BCUT2D eigenvalue weighted by atomic mass is 10.1. The van der Waals surface area contributed by atoms with Crippen molar-refractivity contribution in [2.24, 2.45) is 0 Å². The van der Waals surface area contributed by atoms with Crippen molar-refractivity contribution in [3.63, 3.8) is 0 Å². The Balaban J connectivity index is 2.01. The molecule has 170 valence electrons. The van der Waals surface area contributed by atoms with Crippen LogP contribution in [0.3, 0.4) is 0 Å². The molecule has 2 rings (SSSR count). The van der Waals surface area contributed by atoms with E-state index < -0.39 is 5.97 Å². The number of thiazole rings is 1. The smallest absolute Gasteiger partial charge is 0.304 e. The third-order valence-corrected chi connectivity index (χ3v) is 8.45. The van der Waals surface area contributed by atoms with Crippen LogP contribution in [-0.4, -0.2) is 52.5 Å². The van der Waals surface area contributed by atoms with Gasteiger partial charge in [0, 0.05) is 43.8 Å². The van der Waals surface area contributed by atoms with Crippen molar-refractivity contribution in [2.75, 3.05) is 25.6 Å². The fourth-order valence-electron chi connectivity index (χ4n) is 2.82. The van der Waals surface area contributed by atoms with Gasteiger partial charge in [-0.3, -0.25) is 9.59 Å². The van der Waals surface area contributed by atoms with Crippen LogP contribution in [0.4, 0.5) is 0 Å². The molecule has 31 heavy (non-hydrogen) atoms. The molecular formula is C23H32N2O3S3. The topological polar surface area (TPSA) is 70.5 Å². The molecule has 1 N–H and O–H groups in total. The fraction of sp³-hybridized carbons (Fsp3) is 0.522. The number of hydrogen-bond donors (Lipinski definition) is 1.